The van der Waals surface area contributed by atoms with Crippen LogP contribution in [0.5, 0.6) is 0 Å². The molecule has 0 aliphatic carbocycles. The van der Waals surface area contributed by atoms with E-state index in [-0.39, 0.29) is 0 Å². The van der Waals surface area contributed by atoms with Gasteiger partial charge in [0, 0.05) is 26.4 Å². The van der Waals surface area contributed by atoms with Crippen LogP contribution in [-0.2, 0) is 12.8 Å². The summed E-state index contributed by atoms with van der Waals surface area (Å²) in [5, 5.41) is 3.98. The highest BCUT2D eigenvalue weighted by atomic mass is 16.5. The molecule has 2 N–H and O–H groups in total. The fraction of sp³-hybridized carbons (Fsp3) is 0.625. The van der Waals surface area contributed by atoms with Gasteiger partial charge in [0.15, 0.2) is 5.76 Å². The van der Waals surface area contributed by atoms with Gasteiger partial charge in [-0.25, -0.2) is 0 Å². The van der Waals surface area contributed by atoms with Crippen molar-refractivity contribution in [1.82, 2.24) is 5.16 Å². The molecule has 66 valence electrons. The fourth-order valence-corrected chi connectivity index (χ4v) is 1.64. The van der Waals surface area contributed by atoms with Gasteiger partial charge in [0.05, 0.1) is 0 Å². The maximum absolute atomic E-state index is 5.46. The largest absolute Gasteiger partial charge is 0.370 e. The topological polar surface area (TPSA) is 55.3 Å². The van der Waals surface area contributed by atoms with Crippen molar-refractivity contribution in [2.24, 2.45) is 5.73 Å². The minimum atomic E-state index is 0.632. The third kappa shape index (κ3) is 0.992. The van der Waals surface area contributed by atoms with Crippen molar-refractivity contribution >= 4 is 5.69 Å². The second-order valence-electron chi connectivity index (χ2n) is 3.11. The van der Waals surface area contributed by atoms with Crippen LogP contribution in [0.2, 0.25) is 0 Å². The number of nitrogens with two attached hydrogens (primary N) is 1. The average Bonchev–Trinajstić information content (AvgIpc) is 2.58. The molecule has 4 nitrogen and oxygen atoms in total. The lowest BCUT2D eigenvalue weighted by Crippen LogP contribution is -2.15. The first-order chi connectivity index (χ1) is 5.83. The standard InChI is InChI=1S/C8H13N3O/c1-11-5-3-7-8(11)6(2-4-9)10-12-7/h2-5,9H2,1H3. The average molecular weight is 167 g/mol. The molecular formula is C8H13N3O. The molecule has 12 heavy (non-hydrogen) atoms. The number of aromatic nitrogens is 1. The Kier molecular flexibility index (Phi) is 1.77. The minimum absolute atomic E-state index is 0.632. The number of hydrogen-bond acceptors (Lipinski definition) is 4. The van der Waals surface area contributed by atoms with Crippen molar-refractivity contribution in [3.8, 4) is 0 Å². The van der Waals surface area contributed by atoms with Crippen molar-refractivity contribution in [1.29, 1.82) is 0 Å². The molecule has 0 bridgehead atoms. The molecule has 1 aliphatic heterocycles. The summed E-state index contributed by atoms with van der Waals surface area (Å²) in [5.74, 6) is 1.01. The van der Waals surface area contributed by atoms with E-state index in [1.165, 1.54) is 5.69 Å². The molecule has 0 unspecified atom stereocenters. The second kappa shape index (κ2) is 2.79. The van der Waals surface area contributed by atoms with Crippen LogP contribution in [0.3, 0.4) is 0 Å². The number of hydrogen-bond donors (Lipinski definition) is 1. The van der Waals surface area contributed by atoms with Crippen molar-refractivity contribution in [2.75, 3.05) is 25.0 Å². The zero-order valence-corrected chi connectivity index (χ0v) is 7.21. The Morgan fingerprint density at radius 2 is 2.50 bits per heavy atom. The van der Waals surface area contributed by atoms with Gasteiger partial charge in [0.2, 0.25) is 0 Å². The Labute approximate surface area is 71.3 Å². The van der Waals surface area contributed by atoms with Gasteiger partial charge in [-0.3, -0.25) is 0 Å². The zero-order chi connectivity index (χ0) is 8.55. The van der Waals surface area contributed by atoms with Crippen LogP contribution in [0.1, 0.15) is 11.5 Å². The normalized spacial score (nSPS) is 15.3. The molecule has 0 radical (unpaired) electrons. The van der Waals surface area contributed by atoms with E-state index < -0.39 is 0 Å². The van der Waals surface area contributed by atoms with Gasteiger partial charge in [0.1, 0.15) is 11.4 Å². The smallest absolute Gasteiger partial charge is 0.162 e. The first-order valence-electron chi connectivity index (χ1n) is 4.21. The van der Waals surface area contributed by atoms with Crippen LogP contribution < -0.4 is 10.6 Å². The van der Waals surface area contributed by atoms with E-state index in [2.05, 4.69) is 17.1 Å². The first kappa shape index (κ1) is 7.61. The first-order valence-corrected chi connectivity index (χ1v) is 4.21. The lowest BCUT2D eigenvalue weighted by Gasteiger charge is -2.10. The van der Waals surface area contributed by atoms with Crippen molar-refractivity contribution in [2.45, 2.75) is 12.8 Å². The molecule has 1 aromatic heterocycles. The molecule has 0 saturated heterocycles. The SMILES string of the molecule is CN1CCc2onc(CCN)c21. The second-order valence-corrected chi connectivity index (χ2v) is 3.11. The molecular weight excluding hydrogens is 154 g/mol. The third-order valence-corrected chi connectivity index (χ3v) is 2.24. The molecule has 0 spiro atoms. The summed E-state index contributed by atoms with van der Waals surface area (Å²) in [6.07, 6.45) is 1.78. The van der Waals surface area contributed by atoms with Crippen LogP contribution in [-0.4, -0.2) is 25.3 Å². The molecule has 0 amide bonds. The highest BCUT2D eigenvalue weighted by Crippen LogP contribution is 2.30. The van der Waals surface area contributed by atoms with Crippen molar-refractivity contribution < 1.29 is 4.52 Å². The Balaban J connectivity index is 2.32. The minimum Gasteiger partial charge on any atom is -0.370 e. The fourth-order valence-electron chi connectivity index (χ4n) is 1.64. The number of fused-ring (bicyclic) bond motifs is 1. The molecule has 4 heteroatoms. The maximum atomic E-state index is 5.46. The Hall–Kier alpha value is -1.03. The van der Waals surface area contributed by atoms with E-state index in [1.807, 2.05) is 0 Å². The summed E-state index contributed by atoms with van der Waals surface area (Å²) >= 11 is 0. The molecule has 0 aromatic carbocycles. The number of likely N-dealkylation sites (N-methyl/N-ethyl adjacent to an activating group) is 1. The highest BCUT2D eigenvalue weighted by Gasteiger charge is 2.24. The van der Waals surface area contributed by atoms with E-state index in [9.17, 15) is 0 Å². The lowest BCUT2D eigenvalue weighted by molar-refractivity contribution is 0.382. The van der Waals surface area contributed by atoms with Gasteiger partial charge in [-0.05, 0) is 6.54 Å². The Morgan fingerprint density at radius 1 is 1.67 bits per heavy atom. The van der Waals surface area contributed by atoms with Crippen molar-refractivity contribution in [3.63, 3.8) is 0 Å². The molecule has 2 rings (SSSR count). The van der Waals surface area contributed by atoms with E-state index in [1.54, 1.807) is 0 Å². The van der Waals surface area contributed by atoms with Gasteiger partial charge < -0.3 is 15.2 Å². The van der Waals surface area contributed by atoms with Crippen LogP contribution in [0.4, 0.5) is 5.69 Å². The van der Waals surface area contributed by atoms with Gasteiger partial charge in [-0.2, -0.15) is 0 Å². The summed E-state index contributed by atoms with van der Waals surface area (Å²) in [7, 11) is 2.06. The van der Waals surface area contributed by atoms with Gasteiger partial charge in [-0.15, -0.1) is 0 Å². The van der Waals surface area contributed by atoms with Crippen LogP contribution >= 0.6 is 0 Å². The third-order valence-electron chi connectivity index (χ3n) is 2.24. The van der Waals surface area contributed by atoms with Gasteiger partial charge in [-0.1, -0.05) is 5.16 Å². The van der Waals surface area contributed by atoms with E-state index in [4.69, 9.17) is 10.3 Å². The summed E-state index contributed by atoms with van der Waals surface area (Å²) in [6, 6.07) is 0. The monoisotopic (exact) mass is 167 g/mol. The molecule has 2 heterocycles. The predicted octanol–water partition coefficient (Wildman–Crippen LogP) is 0.168. The number of nitrogens with zero attached hydrogens (tertiary/aromatic N) is 2. The molecule has 1 aliphatic rings. The van der Waals surface area contributed by atoms with E-state index in [0.29, 0.717) is 6.54 Å². The Morgan fingerprint density at radius 3 is 3.25 bits per heavy atom. The molecule has 0 saturated carbocycles. The Bertz CT molecular complexity index is 282. The van der Waals surface area contributed by atoms with E-state index >= 15 is 0 Å². The highest BCUT2D eigenvalue weighted by molar-refractivity contribution is 5.57. The maximum Gasteiger partial charge on any atom is 0.162 e. The summed E-state index contributed by atoms with van der Waals surface area (Å²) < 4.78 is 5.18. The van der Waals surface area contributed by atoms with Crippen LogP contribution in [0.25, 0.3) is 0 Å². The molecule has 0 atom stereocenters. The summed E-state index contributed by atoms with van der Waals surface area (Å²) in [4.78, 5) is 2.18. The lowest BCUT2D eigenvalue weighted by atomic mass is 10.2. The van der Waals surface area contributed by atoms with Gasteiger partial charge in [0.25, 0.3) is 0 Å². The molecule has 0 fully saturated rings. The molecule has 1 aromatic rings. The number of anilines is 1. The van der Waals surface area contributed by atoms with Crippen LogP contribution in [0.15, 0.2) is 4.52 Å². The van der Waals surface area contributed by atoms with E-state index in [0.717, 1.165) is 30.8 Å². The van der Waals surface area contributed by atoms with Crippen molar-refractivity contribution in [3.05, 3.63) is 11.5 Å². The number of rotatable bonds is 2. The van der Waals surface area contributed by atoms with Crippen LogP contribution in [0, 0.1) is 0 Å². The van der Waals surface area contributed by atoms with Gasteiger partial charge >= 0.3 is 0 Å². The zero-order valence-electron chi connectivity index (χ0n) is 7.21. The summed E-state index contributed by atoms with van der Waals surface area (Å²) in [5.41, 5.74) is 7.63. The predicted molar refractivity (Wildman–Crippen MR) is 46.2 cm³/mol. The quantitative estimate of drug-likeness (QED) is 0.682. The summed E-state index contributed by atoms with van der Waals surface area (Å²) in [6.45, 7) is 1.67.